The summed E-state index contributed by atoms with van der Waals surface area (Å²) >= 11 is 3.34. The minimum Gasteiger partial charge on any atom is -0.478 e. The van der Waals surface area contributed by atoms with E-state index in [0.29, 0.717) is 27.9 Å². The highest BCUT2D eigenvalue weighted by Gasteiger charge is 2.28. The molecule has 1 aliphatic carbocycles. The maximum atomic E-state index is 11.4. The monoisotopic (exact) mass is 339 g/mol. The average molecular weight is 340 g/mol. The fraction of sp³-hybridized carbons (Fsp3) is 0.562. The summed E-state index contributed by atoms with van der Waals surface area (Å²) in [4.78, 5) is 11.4. The summed E-state index contributed by atoms with van der Waals surface area (Å²) in [6.45, 7) is 4.51. The zero-order chi connectivity index (χ0) is 14.7. The Balaban J connectivity index is 2.24. The predicted molar refractivity (Wildman–Crippen MR) is 85.3 cm³/mol. The molecule has 4 heteroatoms. The van der Waals surface area contributed by atoms with Gasteiger partial charge in [0.2, 0.25) is 0 Å². The second-order valence-corrected chi connectivity index (χ2v) is 6.77. The van der Waals surface area contributed by atoms with Gasteiger partial charge in [0.15, 0.2) is 0 Å². The van der Waals surface area contributed by atoms with E-state index in [9.17, 15) is 9.90 Å². The van der Waals surface area contributed by atoms with E-state index >= 15 is 0 Å². The van der Waals surface area contributed by atoms with Crippen LogP contribution in [0.15, 0.2) is 22.7 Å². The minimum atomic E-state index is -0.892. The fourth-order valence-corrected chi connectivity index (χ4v) is 3.73. The van der Waals surface area contributed by atoms with Crippen molar-refractivity contribution in [1.82, 2.24) is 0 Å². The third-order valence-electron chi connectivity index (χ3n) is 4.24. The third kappa shape index (κ3) is 3.35. The van der Waals surface area contributed by atoms with Gasteiger partial charge in [0, 0.05) is 10.5 Å². The van der Waals surface area contributed by atoms with Crippen LogP contribution in [0.3, 0.4) is 0 Å². The topological polar surface area (TPSA) is 49.3 Å². The standard InChI is InChI=1S/C16H22BrNO2/c1-10(2)11-6-3-4-8-13(11)18-14-9-5-7-12(17)15(14)16(19)20/h5,7,9-11,13,18H,3-4,6,8H2,1-2H3,(H,19,20). The van der Waals surface area contributed by atoms with Crippen molar-refractivity contribution in [2.45, 2.75) is 45.6 Å². The van der Waals surface area contributed by atoms with Crippen molar-refractivity contribution >= 4 is 27.6 Å². The predicted octanol–water partition coefficient (Wildman–Crippen LogP) is 4.77. The van der Waals surface area contributed by atoms with Crippen LogP contribution in [0.25, 0.3) is 0 Å². The van der Waals surface area contributed by atoms with E-state index in [-0.39, 0.29) is 0 Å². The van der Waals surface area contributed by atoms with E-state index in [0.717, 1.165) is 12.1 Å². The summed E-state index contributed by atoms with van der Waals surface area (Å²) in [6.07, 6.45) is 4.85. The number of carboxylic acids is 1. The molecule has 0 aliphatic heterocycles. The molecule has 1 fully saturated rings. The quantitative estimate of drug-likeness (QED) is 0.830. The van der Waals surface area contributed by atoms with E-state index in [1.165, 1.54) is 19.3 Å². The van der Waals surface area contributed by atoms with Crippen LogP contribution in [0.1, 0.15) is 49.9 Å². The van der Waals surface area contributed by atoms with E-state index in [1.54, 1.807) is 6.07 Å². The van der Waals surface area contributed by atoms with Gasteiger partial charge in [-0.25, -0.2) is 4.79 Å². The Bertz CT molecular complexity index is 487. The molecule has 1 aromatic carbocycles. The largest absolute Gasteiger partial charge is 0.478 e. The molecule has 3 nitrogen and oxygen atoms in total. The molecule has 0 bridgehead atoms. The van der Waals surface area contributed by atoms with Gasteiger partial charge >= 0.3 is 5.97 Å². The maximum Gasteiger partial charge on any atom is 0.338 e. The van der Waals surface area contributed by atoms with Crippen molar-refractivity contribution in [1.29, 1.82) is 0 Å². The Morgan fingerprint density at radius 2 is 2.05 bits per heavy atom. The van der Waals surface area contributed by atoms with E-state index < -0.39 is 5.97 Å². The van der Waals surface area contributed by atoms with Crippen LogP contribution in [-0.4, -0.2) is 17.1 Å². The lowest BCUT2D eigenvalue weighted by Crippen LogP contribution is -2.35. The number of hydrogen-bond acceptors (Lipinski definition) is 2. The van der Waals surface area contributed by atoms with Crippen LogP contribution in [0.5, 0.6) is 0 Å². The molecule has 2 N–H and O–H groups in total. The molecular weight excluding hydrogens is 318 g/mol. The zero-order valence-electron chi connectivity index (χ0n) is 12.0. The molecule has 2 unspecified atom stereocenters. The Morgan fingerprint density at radius 1 is 1.35 bits per heavy atom. The minimum absolute atomic E-state index is 0.334. The molecule has 0 aromatic heterocycles. The van der Waals surface area contributed by atoms with Crippen molar-refractivity contribution in [2.75, 3.05) is 5.32 Å². The fourth-order valence-electron chi connectivity index (χ4n) is 3.20. The van der Waals surface area contributed by atoms with Crippen LogP contribution in [0.4, 0.5) is 5.69 Å². The first kappa shape index (κ1) is 15.4. The number of halogens is 1. The highest BCUT2D eigenvalue weighted by atomic mass is 79.9. The SMILES string of the molecule is CC(C)C1CCCCC1Nc1cccc(Br)c1C(=O)O. The van der Waals surface area contributed by atoms with Gasteiger partial charge in [0.1, 0.15) is 0 Å². The van der Waals surface area contributed by atoms with E-state index in [1.807, 2.05) is 12.1 Å². The lowest BCUT2D eigenvalue weighted by molar-refractivity contribution is 0.0697. The normalized spacial score (nSPS) is 22.8. The van der Waals surface area contributed by atoms with Crippen molar-refractivity contribution in [3.63, 3.8) is 0 Å². The molecule has 0 heterocycles. The second kappa shape index (κ2) is 6.61. The third-order valence-corrected chi connectivity index (χ3v) is 4.90. The molecule has 2 atom stereocenters. The smallest absolute Gasteiger partial charge is 0.338 e. The molecule has 2 rings (SSSR count). The summed E-state index contributed by atoms with van der Waals surface area (Å²) < 4.78 is 0.631. The van der Waals surface area contributed by atoms with Gasteiger partial charge in [-0.15, -0.1) is 0 Å². The number of nitrogens with one attached hydrogen (secondary N) is 1. The molecule has 0 radical (unpaired) electrons. The molecule has 1 aliphatic rings. The van der Waals surface area contributed by atoms with Crippen LogP contribution >= 0.6 is 15.9 Å². The summed E-state index contributed by atoms with van der Waals surface area (Å²) in [5, 5.41) is 12.9. The molecule has 20 heavy (non-hydrogen) atoms. The number of anilines is 1. The van der Waals surface area contributed by atoms with Gasteiger partial charge in [-0.05, 0) is 52.7 Å². The summed E-state index contributed by atoms with van der Waals surface area (Å²) in [5.41, 5.74) is 1.06. The highest BCUT2D eigenvalue weighted by molar-refractivity contribution is 9.10. The van der Waals surface area contributed by atoms with E-state index in [2.05, 4.69) is 35.1 Å². The summed E-state index contributed by atoms with van der Waals surface area (Å²) in [7, 11) is 0. The number of carboxylic acid groups (broad SMARTS) is 1. The van der Waals surface area contributed by atoms with E-state index in [4.69, 9.17) is 0 Å². The summed E-state index contributed by atoms with van der Waals surface area (Å²) in [6, 6.07) is 5.89. The molecule has 1 aromatic rings. The number of benzene rings is 1. The van der Waals surface area contributed by atoms with Crippen LogP contribution < -0.4 is 5.32 Å². The van der Waals surface area contributed by atoms with Crippen LogP contribution in [0.2, 0.25) is 0 Å². The van der Waals surface area contributed by atoms with Gasteiger partial charge in [0.05, 0.1) is 11.3 Å². The second-order valence-electron chi connectivity index (χ2n) is 5.91. The van der Waals surface area contributed by atoms with Crippen molar-refractivity contribution in [3.05, 3.63) is 28.2 Å². The van der Waals surface area contributed by atoms with Gasteiger partial charge in [0.25, 0.3) is 0 Å². The number of carbonyl (C=O) groups is 1. The van der Waals surface area contributed by atoms with Gasteiger partial charge < -0.3 is 10.4 Å². The van der Waals surface area contributed by atoms with Gasteiger partial charge in [-0.2, -0.15) is 0 Å². The first-order valence-electron chi connectivity index (χ1n) is 7.29. The van der Waals surface area contributed by atoms with Gasteiger partial charge in [-0.1, -0.05) is 32.8 Å². The van der Waals surface area contributed by atoms with Crippen molar-refractivity contribution in [2.24, 2.45) is 11.8 Å². The first-order valence-corrected chi connectivity index (χ1v) is 8.08. The molecular formula is C16H22BrNO2. The Labute approximate surface area is 128 Å². The van der Waals surface area contributed by atoms with Crippen LogP contribution in [-0.2, 0) is 0 Å². The van der Waals surface area contributed by atoms with Crippen molar-refractivity contribution < 1.29 is 9.90 Å². The Kier molecular flexibility index (Phi) is 5.08. The highest BCUT2D eigenvalue weighted by Crippen LogP contribution is 2.34. The number of hydrogen-bond donors (Lipinski definition) is 2. The molecule has 0 saturated heterocycles. The molecule has 1 saturated carbocycles. The Morgan fingerprint density at radius 3 is 2.70 bits per heavy atom. The number of rotatable bonds is 4. The lowest BCUT2D eigenvalue weighted by atomic mass is 9.77. The molecule has 110 valence electrons. The van der Waals surface area contributed by atoms with Crippen molar-refractivity contribution in [3.8, 4) is 0 Å². The average Bonchev–Trinajstić information content (AvgIpc) is 2.38. The van der Waals surface area contributed by atoms with Crippen LogP contribution in [0, 0.1) is 11.8 Å². The number of aromatic carboxylic acids is 1. The summed E-state index contributed by atoms with van der Waals surface area (Å²) in [5.74, 6) is 0.342. The zero-order valence-corrected chi connectivity index (χ0v) is 13.6. The first-order chi connectivity index (χ1) is 9.50. The molecule has 0 spiro atoms. The lowest BCUT2D eigenvalue weighted by Gasteiger charge is -2.36. The maximum absolute atomic E-state index is 11.4. The molecule has 0 amide bonds. The Hall–Kier alpha value is -1.03. The van der Waals surface area contributed by atoms with Gasteiger partial charge in [-0.3, -0.25) is 0 Å².